The van der Waals surface area contributed by atoms with Gasteiger partial charge < -0.3 is 15.0 Å². The van der Waals surface area contributed by atoms with Crippen LogP contribution in [0.25, 0.3) is 0 Å². The van der Waals surface area contributed by atoms with Crippen LogP contribution >= 0.6 is 0 Å². The summed E-state index contributed by atoms with van der Waals surface area (Å²) in [7, 11) is -2.00. The summed E-state index contributed by atoms with van der Waals surface area (Å²) in [6.45, 7) is 3.45. The molecule has 0 radical (unpaired) electrons. The van der Waals surface area contributed by atoms with Crippen LogP contribution in [0.3, 0.4) is 0 Å². The molecule has 9 nitrogen and oxygen atoms in total. The van der Waals surface area contributed by atoms with Crippen molar-refractivity contribution in [2.75, 3.05) is 57.8 Å². The van der Waals surface area contributed by atoms with Crippen LogP contribution in [0.15, 0.2) is 59.5 Å². The van der Waals surface area contributed by atoms with Crippen molar-refractivity contribution in [1.29, 1.82) is 0 Å². The molecule has 0 saturated carbocycles. The second-order valence-corrected chi connectivity index (χ2v) is 10.4. The number of amides is 2. The Balaban J connectivity index is 1.21. The number of anilines is 1. The molecule has 0 bridgehead atoms. The number of rotatable bonds is 8. The first-order valence-corrected chi connectivity index (χ1v) is 12.8. The van der Waals surface area contributed by atoms with E-state index in [2.05, 4.69) is 10.2 Å². The number of hydrogen-bond donors (Lipinski definition) is 1. The zero-order valence-electron chi connectivity index (χ0n) is 19.2. The molecule has 0 aliphatic carbocycles. The van der Waals surface area contributed by atoms with Crippen molar-refractivity contribution in [3.8, 4) is 5.75 Å². The number of piperazine rings is 1. The van der Waals surface area contributed by atoms with E-state index in [1.807, 2.05) is 30.3 Å². The quantitative estimate of drug-likeness (QED) is 0.602. The van der Waals surface area contributed by atoms with E-state index >= 15 is 0 Å². The fourth-order valence-electron chi connectivity index (χ4n) is 4.31. The van der Waals surface area contributed by atoms with E-state index in [1.54, 1.807) is 29.2 Å². The first kappa shape index (κ1) is 24.2. The molecule has 2 aromatic rings. The van der Waals surface area contributed by atoms with Gasteiger partial charge >= 0.3 is 0 Å². The molecule has 182 valence electrons. The predicted octanol–water partition coefficient (Wildman–Crippen LogP) is 1.17. The third-order valence-electron chi connectivity index (χ3n) is 6.32. The predicted molar refractivity (Wildman–Crippen MR) is 128 cm³/mol. The van der Waals surface area contributed by atoms with Crippen LogP contribution < -0.4 is 15.0 Å². The Labute approximate surface area is 200 Å². The van der Waals surface area contributed by atoms with Crippen molar-refractivity contribution >= 4 is 27.5 Å². The van der Waals surface area contributed by atoms with Crippen LogP contribution in [0.5, 0.6) is 5.75 Å². The number of carbonyl (C=O) groups excluding carboxylic acids is 2. The van der Waals surface area contributed by atoms with Gasteiger partial charge in [-0.3, -0.25) is 14.5 Å². The summed E-state index contributed by atoms with van der Waals surface area (Å²) in [6.07, 6.45) is 0.211. The van der Waals surface area contributed by atoms with E-state index in [9.17, 15) is 18.0 Å². The minimum absolute atomic E-state index is 0.0412. The third kappa shape index (κ3) is 5.40. The van der Waals surface area contributed by atoms with Gasteiger partial charge in [-0.1, -0.05) is 18.2 Å². The normalized spacial score (nSPS) is 19.9. The molecule has 0 aromatic heterocycles. The van der Waals surface area contributed by atoms with Crippen molar-refractivity contribution in [3.63, 3.8) is 0 Å². The largest absolute Gasteiger partial charge is 0.497 e. The summed E-state index contributed by atoms with van der Waals surface area (Å²) in [4.78, 5) is 29.0. The monoisotopic (exact) mass is 486 g/mol. The fourth-order valence-corrected chi connectivity index (χ4v) is 5.73. The lowest BCUT2D eigenvalue weighted by Crippen LogP contribution is -2.50. The topological polar surface area (TPSA) is 99.3 Å². The van der Waals surface area contributed by atoms with Crippen LogP contribution in [0, 0.1) is 5.92 Å². The summed E-state index contributed by atoms with van der Waals surface area (Å²) < 4.78 is 32.3. The van der Waals surface area contributed by atoms with Crippen LogP contribution in [0.2, 0.25) is 0 Å². The summed E-state index contributed by atoms with van der Waals surface area (Å²) in [5.74, 6) is 0.0906. The number of carbonyl (C=O) groups is 2. The van der Waals surface area contributed by atoms with Crippen molar-refractivity contribution < 1.29 is 22.7 Å². The van der Waals surface area contributed by atoms with Crippen LogP contribution in [-0.4, -0.2) is 82.4 Å². The maximum absolute atomic E-state index is 12.9. The van der Waals surface area contributed by atoms with E-state index in [1.165, 1.54) is 11.4 Å². The number of nitrogens with one attached hydrogen (secondary N) is 1. The highest BCUT2D eigenvalue weighted by Gasteiger charge is 2.35. The molecule has 10 heteroatoms. The molecule has 1 N–H and O–H groups in total. The Morgan fingerprint density at radius 1 is 1.03 bits per heavy atom. The molecule has 2 amide bonds. The third-order valence-corrected chi connectivity index (χ3v) is 8.23. The number of hydrogen-bond acceptors (Lipinski definition) is 6. The standard InChI is InChI=1S/C24H30N4O5S/c1-33-21-7-9-22(10-8-21)34(31,32)27-15-13-26(14-16-27)12-11-25-24(30)19-17-23(29)28(18-19)20-5-3-2-4-6-20/h2-10,19H,11-18H2,1H3,(H,25,30). The average Bonchev–Trinajstić information content (AvgIpc) is 3.26. The summed E-state index contributed by atoms with van der Waals surface area (Å²) >= 11 is 0. The van der Waals surface area contributed by atoms with Crippen molar-refractivity contribution in [1.82, 2.24) is 14.5 Å². The van der Waals surface area contributed by atoms with Crippen molar-refractivity contribution in [3.05, 3.63) is 54.6 Å². The number of sulfonamides is 1. The molecular weight excluding hydrogens is 456 g/mol. The number of nitrogens with zero attached hydrogens (tertiary/aromatic N) is 3. The first-order valence-electron chi connectivity index (χ1n) is 11.4. The van der Waals surface area contributed by atoms with Crippen LogP contribution in [0.4, 0.5) is 5.69 Å². The van der Waals surface area contributed by atoms with Gasteiger partial charge in [0, 0.05) is 57.9 Å². The first-order chi connectivity index (χ1) is 16.4. The zero-order valence-corrected chi connectivity index (χ0v) is 20.0. The van der Waals surface area contributed by atoms with E-state index in [0.717, 1.165) is 5.69 Å². The summed E-state index contributed by atoms with van der Waals surface area (Å²) in [6, 6.07) is 15.8. The SMILES string of the molecule is COc1ccc(S(=O)(=O)N2CCN(CCNC(=O)C3CC(=O)N(c4ccccc4)C3)CC2)cc1. The summed E-state index contributed by atoms with van der Waals surface area (Å²) in [5.41, 5.74) is 0.810. The molecular formula is C24H30N4O5S. The van der Waals surface area contributed by atoms with Gasteiger partial charge in [0.05, 0.1) is 17.9 Å². The molecule has 34 heavy (non-hydrogen) atoms. The molecule has 2 aromatic carbocycles. The molecule has 2 aliphatic rings. The van der Waals surface area contributed by atoms with Gasteiger partial charge in [0.1, 0.15) is 5.75 Å². The molecule has 0 spiro atoms. The highest BCUT2D eigenvalue weighted by Crippen LogP contribution is 2.25. The Hall–Kier alpha value is -2.95. The van der Waals surface area contributed by atoms with E-state index in [-0.39, 0.29) is 29.0 Å². The van der Waals surface area contributed by atoms with Crippen molar-refractivity contribution in [2.24, 2.45) is 5.92 Å². The van der Waals surface area contributed by atoms with Crippen LogP contribution in [0.1, 0.15) is 6.42 Å². The molecule has 2 aliphatic heterocycles. The lowest BCUT2D eigenvalue weighted by molar-refractivity contribution is -0.126. The summed E-state index contributed by atoms with van der Waals surface area (Å²) in [5, 5.41) is 2.94. The second-order valence-electron chi connectivity index (χ2n) is 8.45. The second kappa shape index (κ2) is 10.5. The Kier molecular flexibility index (Phi) is 7.50. The van der Waals surface area contributed by atoms with E-state index in [0.29, 0.717) is 51.6 Å². The zero-order chi connectivity index (χ0) is 24.1. The molecule has 2 heterocycles. The van der Waals surface area contributed by atoms with Crippen molar-refractivity contribution in [2.45, 2.75) is 11.3 Å². The lowest BCUT2D eigenvalue weighted by atomic mass is 10.1. The van der Waals surface area contributed by atoms with Gasteiger partial charge in [-0.2, -0.15) is 4.31 Å². The minimum Gasteiger partial charge on any atom is -0.497 e. The Morgan fingerprint density at radius 2 is 1.71 bits per heavy atom. The highest BCUT2D eigenvalue weighted by atomic mass is 32.2. The maximum atomic E-state index is 12.9. The van der Waals surface area contributed by atoms with E-state index in [4.69, 9.17) is 4.74 Å². The molecule has 2 saturated heterocycles. The Bertz CT molecular complexity index is 1100. The fraction of sp³-hybridized carbons (Fsp3) is 0.417. The molecule has 2 fully saturated rings. The smallest absolute Gasteiger partial charge is 0.243 e. The number of para-hydroxylation sites is 1. The van der Waals surface area contributed by atoms with E-state index < -0.39 is 10.0 Å². The molecule has 1 unspecified atom stereocenters. The number of ether oxygens (including phenoxy) is 1. The van der Waals surface area contributed by atoms with Gasteiger partial charge in [-0.15, -0.1) is 0 Å². The highest BCUT2D eigenvalue weighted by molar-refractivity contribution is 7.89. The average molecular weight is 487 g/mol. The van der Waals surface area contributed by atoms with Gasteiger partial charge in [-0.05, 0) is 36.4 Å². The van der Waals surface area contributed by atoms with Crippen LogP contribution in [-0.2, 0) is 19.6 Å². The van der Waals surface area contributed by atoms with Gasteiger partial charge in [0.2, 0.25) is 21.8 Å². The van der Waals surface area contributed by atoms with Gasteiger partial charge in [0.15, 0.2) is 0 Å². The van der Waals surface area contributed by atoms with Gasteiger partial charge in [0.25, 0.3) is 0 Å². The minimum atomic E-state index is -3.54. The number of methoxy groups -OCH3 is 1. The maximum Gasteiger partial charge on any atom is 0.243 e. The van der Waals surface area contributed by atoms with Gasteiger partial charge in [-0.25, -0.2) is 8.42 Å². The molecule has 1 atom stereocenters. The molecule has 4 rings (SSSR count). The number of benzene rings is 2. The Morgan fingerprint density at radius 3 is 2.35 bits per heavy atom. The lowest BCUT2D eigenvalue weighted by Gasteiger charge is -2.34.